The minimum Gasteiger partial charge on any atom is -0.481 e. The average molecular weight is 312 g/mol. The molecule has 4 N–H and O–H groups in total. The van der Waals surface area contributed by atoms with Crippen LogP contribution in [-0.2, 0) is 14.4 Å². The Labute approximate surface area is 127 Å². The van der Waals surface area contributed by atoms with Gasteiger partial charge in [-0.25, -0.2) is 4.79 Å². The number of rotatable bonds is 5. The highest BCUT2D eigenvalue weighted by atomic mass is 16.4. The molecule has 7 nitrogen and oxygen atoms in total. The van der Waals surface area contributed by atoms with Gasteiger partial charge in [-0.15, -0.1) is 0 Å². The second kappa shape index (κ2) is 8.14. The monoisotopic (exact) mass is 312 g/mol. The maximum Gasteiger partial charge on any atom is 0.336 e. The Morgan fingerprint density at radius 1 is 0.909 bits per heavy atom. The van der Waals surface area contributed by atoms with Gasteiger partial charge in [-0.2, -0.15) is 0 Å². The standard InChI is InChI=1S/C9H12.C6H8O7/c1-7-5-4-6-8(2)9(7)3;7-3(8)1-6(13,5(11)12)2-4(9)10/h4-6H,1-3H3;13H,1-2H2,(H,7,8)(H,9,10)(H,11,12). The zero-order valence-corrected chi connectivity index (χ0v) is 12.7. The van der Waals surface area contributed by atoms with Crippen molar-refractivity contribution in [1.82, 2.24) is 0 Å². The number of carbonyl (C=O) groups is 3. The fourth-order valence-corrected chi connectivity index (χ4v) is 1.61. The molecule has 0 aliphatic rings. The predicted octanol–water partition coefficient (Wildman–Crippen LogP) is 1.36. The number of aryl methyl sites for hydroxylation is 2. The lowest BCUT2D eigenvalue weighted by Crippen LogP contribution is -2.42. The highest BCUT2D eigenvalue weighted by molar-refractivity contribution is 5.88. The predicted molar refractivity (Wildman–Crippen MR) is 77.7 cm³/mol. The van der Waals surface area contributed by atoms with Crippen molar-refractivity contribution in [3.8, 4) is 0 Å². The van der Waals surface area contributed by atoms with E-state index in [9.17, 15) is 14.4 Å². The number of aliphatic carboxylic acids is 3. The molecule has 0 unspecified atom stereocenters. The van der Waals surface area contributed by atoms with E-state index in [0.717, 1.165) is 0 Å². The van der Waals surface area contributed by atoms with Crippen LogP contribution in [0, 0.1) is 20.8 Å². The minimum absolute atomic E-state index is 1.14. The number of carboxylic acids is 3. The molecule has 0 aliphatic carbocycles. The summed E-state index contributed by atoms with van der Waals surface area (Å²) in [5.41, 5.74) is 1.44. The Morgan fingerprint density at radius 3 is 1.50 bits per heavy atom. The summed E-state index contributed by atoms with van der Waals surface area (Å²) in [5.74, 6) is -5.02. The van der Waals surface area contributed by atoms with E-state index in [1.165, 1.54) is 16.7 Å². The fraction of sp³-hybridized carbons (Fsp3) is 0.400. The Morgan fingerprint density at radius 2 is 1.27 bits per heavy atom. The molecule has 1 rings (SSSR count). The Hall–Kier alpha value is -2.41. The lowest BCUT2D eigenvalue weighted by atomic mass is 9.96. The van der Waals surface area contributed by atoms with Crippen LogP contribution in [-0.4, -0.2) is 43.9 Å². The van der Waals surface area contributed by atoms with Crippen LogP contribution in [0.4, 0.5) is 0 Å². The first kappa shape index (κ1) is 19.6. The smallest absolute Gasteiger partial charge is 0.336 e. The minimum atomic E-state index is -2.74. The fourth-order valence-electron chi connectivity index (χ4n) is 1.61. The highest BCUT2D eigenvalue weighted by Gasteiger charge is 2.40. The van der Waals surface area contributed by atoms with Crippen molar-refractivity contribution in [2.45, 2.75) is 39.2 Å². The van der Waals surface area contributed by atoms with Crippen molar-refractivity contribution < 1.29 is 34.8 Å². The van der Waals surface area contributed by atoms with Crippen LogP contribution in [0.3, 0.4) is 0 Å². The van der Waals surface area contributed by atoms with Gasteiger partial charge in [-0.1, -0.05) is 18.2 Å². The van der Waals surface area contributed by atoms with E-state index in [-0.39, 0.29) is 0 Å². The van der Waals surface area contributed by atoms with Crippen LogP contribution in [0.5, 0.6) is 0 Å². The Balaban J connectivity index is 0.000000425. The van der Waals surface area contributed by atoms with Gasteiger partial charge in [0.2, 0.25) is 0 Å². The van der Waals surface area contributed by atoms with Crippen LogP contribution in [0.25, 0.3) is 0 Å². The molecule has 0 saturated heterocycles. The molecular formula is C15H20O7. The second-order valence-electron chi connectivity index (χ2n) is 4.99. The van der Waals surface area contributed by atoms with Crippen molar-refractivity contribution in [2.24, 2.45) is 0 Å². The SMILES string of the molecule is Cc1cccc(C)c1C.O=C(O)CC(O)(CC(=O)O)C(=O)O. The number of hydrogen-bond donors (Lipinski definition) is 4. The molecule has 22 heavy (non-hydrogen) atoms. The number of benzene rings is 1. The Bertz CT molecular complexity index is 527. The summed E-state index contributed by atoms with van der Waals surface area (Å²) in [6.07, 6.45) is -2.29. The van der Waals surface area contributed by atoms with Gasteiger partial charge in [-0.3, -0.25) is 9.59 Å². The molecule has 1 aromatic rings. The van der Waals surface area contributed by atoms with E-state index in [4.69, 9.17) is 20.4 Å². The first-order valence-corrected chi connectivity index (χ1v) is 6.42. The average Bonchev–Trinajstić information content (AvgIpc) is 2.34. The highest BCUT2D eigenvalue weighted by Crippen LogP contribution is 2.15. The molecule has 0 bridgehead atoms. The quantitative estimate of drug-likeness (QED) is 0.645. The van der Waals surface area contributed by atoms with Crippen molar-refractivity contribution >= 4 is 17.9 Å². The van der Waals surface area contributed by atoms with Crippen molar-refractivity contribution in [3.05, 3.63) is 34.9 Å². The van der Waals surface area contributed by atoms with Gasteiger partial charge >= 0.3 is 17.9 Å². The summed E-state index contributed by atoms with van der Waals surface area (Å²) in [5, 5.41) is 33.8. The maximum atomic E-state index is 10.3. The summed E-state index contributed by atoms with van der Waals surface area (Å²) < 4.78 is 0. The van der Waals surface area contributed by atoms with Gasteiger partial charge < -0.3 is 20.4 Å². The van der Waals surface area contributed by atoms with Gasteiger partial charge in [0.15, 0.2) is 5.60 Å². The lowest BCUT2D eigenvalue weighted by Gasteiger charge is -2.18. The van der Waals surface area contributed by atoms with Crippen LogP contribution in [0.2, 0.25) is 0 Å². The summed E-state index contributed by atoms with van der Waals surface area (Å²) in [6.45, 7) is 6.44. The number of carboxylic acid groups (broad SMARTS) is 3. The molecule has 122 valence electrons. The van der Waals surface area contributed by atoms with Crippen molar-refractivity contribution in [3.63, 3.8) is 0 Å². The summed E-state index contributed by atoms with van der Waals surface area (Å²) in [7, 11) is 0. The van der Waals surface area contributed by atoms with Gasteiger partial charge in [0.25, 0.3) is 0 Å². The molecular weight excluding hydrogens is 292 g/mol. The number of aliphatic hydroxyl groups is 1. The second-order valence-corrected chi connectivity index (χ2v) is 4.99. The van der Waals surface area contributed by atoms with Gasteiger partial charge in [0.05, 0.1) is 12.8 Å². The zero-order chi connectivity index (χ0) is 17.5. The van der Waals surface area contributed by atoms with Crippen LogP contribution >= 0.6 is 0 Å². The summed E-state index contributed by atoms with van der Waals surface area (Å²) >= 11 is 0. The molecule has 0 amide bonds. The van der Waals surface area contributed by atoms with E-state index in [2.05, 4.69) is 39.0 Å². The lowest BCUT2D eigenvalue weighted by molar-refractivity contribution is -0.170. The van der Waals surface area contributed by atoms with E-state index in [1.54, 1.807) is 0 Å². The Kier molecular flexibility index (Phi) is 7.24. The molecule has 0 heterocycles. The van der Waals surface area contributed by atoms with Gasteiger partial charge in [0, 0.05) is 0 Å². The van der Waals surface area contributed by atoms with Gasteiger partial charge in [-0.05, 0) is 37.5 Å². The van der Waals surface area contributed by atoms with Crippen LogP contribution in [0.1, 0.15) is 29.5 Å². The van der Waals surface area contributed by atoms with Crippen LogP contribution < -0.4 is 0 Å². The molecule has 0 saturated carbocycles. The van der Waals surface area contributed by atoms with E-state index < -0.39 is 36.4 Å². The molecule has 0 radical (unpaired) electrons. The molecule has 0 fully saturated rings. The summed E-state index contributed by atoms with van der Waals surface area (Å²) in [6, 6.07) is 6.38. The zero-order valence-electron chi connectivity index (χ0n) is 12.7. The third kappa shape index (κ3) is 6.36. The van der Waals surface area contributed by atoms with E-state index >= 15 is 0 Å². The molecule has 0 aliphatic heterocycles. The third-order valence-electron chi connectivity index (χ3n) is 3.16. The molecule has 7 heteroatoms. The third-order valence-corrected chi connectivity index (χ3v) is 3.16. The molecule has 1 aromatic carbocycles. The first-order chi connectivity index (χ1) is 9.99. The van der Waals surface area contributed by atoms with Crippen molar-refractivity contribution in [2.75, 3.05) is 0 Å². The molecule has 0 atom stereocenters. The summed E-state index contributed by atoms with van der Waals surface area (Å²) in [4.78, 5) is 30.5. The van der Waals surface area contributed by atoms with Gasteiger partial charge in [0.1, 0.15) is 0 Å². The molecule has 0 spiro atoms. The number of hydrogen-bond acceptors (Lipinski definition) is 4. The van der Waals surface area contributed by atoms with E-state index in [0.29, 0.717) is 0 Å². The topological polar surface area (TPSA) is 132 Å². The largest absolute Gasteiger partial charge is 0.481 e. The first-order valence-electron chi connectivity index (χ1n) is 6.42. The normalized spacial score (nSPS) is 10.4. The van der Waals surface area contributed by atoms with Crippen LogP contribution in [0.15, 0.2) is 18.2 Å². The van der Waals surface area contributed by atoms with Crippen molar-refractivity contribution in [1.29, 1.82) is 0 Å². The molecule has 0 aromatic heterocycles. The van der Waals surface area contributed by atoms with E-state index in [1.807, 2.05) is 0 Å². The maximum absolute atomic E-state index is 10.3.